The summed E-state index contributed by atoms with van der Waals surface area (Å²) in [5.74, 6) is 0.692. The van der Waals surface area contributed by atoms with Crippen molar-refractivity contribution in [1.82, 2.24) is 4.98 Å². The van der Waals surface area contributed by atoms with Gasteiger partial charge in [-0.05, 0) is 80.9 Å². The molecule has 0 saturated carbocycles. The largest absolute Gasteiger partial charge is 0.512 e. The average Bonchev–Trinajstić information content (AvgIpc) is 3.07. The van der Waals surface area contributed by atoms with Gasteiger partial charge in [-0.1, -0.05) is 119 Å². The van der Waals surface area contributed by atoms with Crippen molar-refractivity contribution in [2.24, 2.45) is 10.8 Å². The van der Waals surface area contributed by atoms with Gasteiger partial charge >= 0.3 is 0 Å². The Morgan fingerprint density at radius 3 is 1.98 bits per heavy atom. The molecule has 5 heteroatoms. The predicted octanol–water partition coefficient (Wildman–Crippen LogP) is 13.4. The summed E-state index contributed by atoms with van der Waals surface area (Å²) in [5, 5.41) is 13.5. The number of aromatic nitrogens is 1. The molecule has 0 aliphatic rings. The SMILES string of the molecule is CCC(C)(C)C(=O)/C=C(\O)C(C)(C)CC.Cc1[c-]c(-c2nccc3c2ccc2c(F)ccc(-c4c(C(C)C)cccc4C(C)C)c23)cc(C)c1.[Ir]. The van der Waals surface area contributed by atoms with Gasteiger partial charge in [-0.25, -0.2) is 4.39 Å². The predicted molar refractivity (Wildman–Crippen MR) is 210 cm³/mol. The summed E-state index contributed by atoms with van der Waals surface area (Å²) in [6.45, 7) is 24.7. The molecule has 1 heterocycles. The third-order valence-corrected chi connectivity index (χ3v) is 10.3. The van der Waals surface area contributed by atoms with Gasteiger partial charge in [-0.3, -0.25) is 4.79 Å². The standard InChI is InChI=1S/C33H31FN.C13H24O2.Ir/c1-19(2)24-8-7-9-25(20(3)4)31(24)29-12-13-30(34)28-11-10-27-26(32(28)29)14-15-35-33(27)23-17-21(5)16-22(6)18-23;1-7-12(3,4)10(14)9-11(15)13(5,6)8-2;/h7-17,19-20H,1-6H3;9,14H,7-8H2,1-6H3;/q-1;;/b;10-9-;. The van der Waals surface area contributed by atoms with Gasteiger partial charge in [0, 0.05) is 48.6 Å². The molecule has 5 aromatic rings. The van der Waals surface area contributed by atoms with Gasteiger partial charge in [0.25, 0.3) is 0 Å². The van der Waals surface area contributed by atoms with Crippen LogP contribution in [0, 0.1) is 36.6 Å². The number of carbonyl (C=O) groups excluding carboxylic acids is 1. The van der Waals surface area contributed by atoms with E-state index in [1.54, 1.807) is 6.07 Å². The Bertz CT molecular complexity index is 2010. The molecule has 0 aliphatic carbocycles. The Morgan fingerprint density at radius 1 is 0.843 bits per heavy atom. The first-order valence-electron chi connectivity index (χ1n) is 18.0. The number of ketones is 1. The van der Waals surface area contributed by atoms with Crippen LogP contribution in [0.25, 0.3) is 43.9 Å². The molecule has 0 spiro atoms. The number of aliphatic hydroxyl groups excluding tert-OH is 1. The maximum atomic E-state index is 15.2. The monoisotopic (exact) mass is 865 g/mol. The number of aliphatic hydroxyl groups is 1. The van der Waals surface area contributed by atoms with Gasteiger partial charge in [0.1, 0.15) is 11.6 Å². The summed E-state index contributed by atoms with van der Waals surface area (Å²) in [5.41, 5.74) is 8.32. The Hall–Kier alpha value is -3.66. The normalized spacial score (nSPS) is 12.3. The van der Waals surface area contributed by atoms with Crippen LogP contribution in [-0.2, 0) is 24.9 Å². The molecule has 0 atom stereocenters. The van der Waals surface area contributed by atoms with Crippen molar-refractivity contribution in [3.05, 3.63) is 113 Å². The van der Waals surface area contributed by atoms with E-state index < -0.39 is 0 Å². The zero-order chi connectivity index (χ0) is 37.1. The van der Waals surface area contributed by atoms with Gasteiger partial charge in [0.15, 0.2) is 5.78 Å². The second-order valence-corrected chi connectivity index (χ2v) is 15.6. The number of fused-ring (bicyclic) bond motifs is 3. The number of hydrogen-bond acceptors (Lipinski definition) is 3. The van der Waals surface area contributed by atoms with Gasteiger partial charge in [-0.2, -0.15) is 0 Å². The molecule has 0 fully saturated rings. The first-order chi connectivity index (χ1) is 23.4. The van der Waals surface area contributed by atoms with E-state index in [1.807, 2.05) is 72.0 Å². The van der Waals surface area contributed by atoms with Crippen LogP contribution < -0.4 is 0 Å². The van der Waals surface area contributed by atoms with Crippen molar-refractivity contribution in [2.75, 3.05) is 0 Å². The number of nitrogens with zero attached hydrogens (tertiary/aromatic N) is 1. The average molecular weight is 865 g/mol. The molecule has 0 amide bonds. The van der Waals surface area contributed by atoms with Crippen molar-refractivity contribution in [3.8, 4) is 22.4 Å². The summed E-state index contributed by atoms with van der Waals surface area (Å²) in [4.78, 5) is 16.6. The second kappa shape index (κ2) is 16.8. The van der Waals surface area contributed by atoms with Crippen molar-refractivity contribution in [3.63, 3.8) is 0 Å². The van der Waals surface area contributed by atoms with Crippen molar-refractivity contribution in [1.29, 1.82) is 0 Å². The van der Waals surface area contributed by atoms with Gasteiger partial charge < -0.3 is 10.1 Å². The summed E-state index contributed by atoms with van der Waals surface area (Å²) in [7, 11) is 0. The van der Waals surface area contributed by atoms with E-state index in [2.05, 4.69) is 77.9 Å². The summed E-state index contributed by atoms with van der Waals surface area (Å²) < 4.78 is 15.2. The van der Waals surface area contributed by atoms with Crippen LogP contribution in [0.1, 0.15) is 116 Å². The van der Waals surface area contributed by atoms with Gasteiger partial charge in [0.05, 0.1) is 0 Å². The third kappa shape index (κ3) is 9.05. The molecule has 51 heavy (non-hydrogen) atoms. The second-order valence-electron chi connectivity index (χ2n) is 15.6. The van der Waals surface area contributed by atoms with Crippen LogP contribution in [0.2, 0.25) is 0 Å². The van der Waals surface area contributed by atoms with E-state index >= 15 is 4.39 Å². The maximum Gasteiger partial charge on any atom is 0.164 e. The van der Waals surface area contributed by atoms with Crippen LogP contribution in [0.15, 0.2) is 78.7 Å². The molecule has 0 unspecified atom stereocenters. The maximum absolute atomic E-state index is 15.2. The first-order valence-corrected chi connectivity index (χ1v) is 18.0. The van der Waals surface area contributed by atoms with Crippen LogP contribution in [0.3, 0.4) is 0 Å². The number of allylic oxidation sites excluding steroid dienone is 2. The zero-order valence-corrected chi connectivity index (χ0v) is 34.9. The van der Waals surface area contributed by atoms with E-state index in [-0.39, 0.29) is 48.3 Å². The molecule has 1 aromatic heterocycles. The minimum Gasteiger partial charge on any atom is -0.512 e. The number of hydrogen-bond donors (Lipinski definition) is 1. The number of rotatable bonds is 9. The number of benzene rings is 4. The Morgan fingerprint density at radius 2 is 1.43 bits per heavy atom. The minimum absolute atomic E-state index is 0. The van der Waals surface area contributed by atoms with Gasteiger partial charge in [0.2, 0.25) is 0 Å². The van der Waals surface area contributed by atoms with Crippen LogP contribution in [0.4, 0.5) is 4.39 Å². The smallest absolute Gasteiger partial charge is 0.164 e. The van der Waals surface area contributed by atoms with E-state index in [1.165, 1.54) is 28.3 Å². The molecular formula is C46H55FIrNO2-. The van der Waals surface area contributed by atoms with E-state index in [0.717, 1.165) is 51.4 Å². The summed E-state index contributed by atoms with van der Waals surface area (Å²) in [6.07, 6.45) is 4.83. The molecule has 3 nitrogen and oxygen atoms in total. The topological polar surface area (TPSA) is 50.2 Å². The zero-order valence-electron chi connectivity index (χ0n) is 32.5. The number of carbonyl (C=O) groups is 1. The van der Waals surface area contributed by atoms with Crippen LogP contribution in [0.5, 0.6) is 0 Å². The fraction of sp³-hybridized carbons (Fsp3) is 0.391. The van der Waals surface area contributed by atoms with E-state index in [4.69, 9.17) is 4.98 Å². The Kier molecular flexibility index (Phi) is 13.7. The van der Waals surface area contributed by atoms with Crippen LogP contribution in [-0.4, -0.2) is 15.9 Å². The number of aryl methyl sites for hydroxylation is 2. The quantitative estimate of drug-likeness (QED) is 0.0695. The molecule has 5 rings (SSSR count). The summed E-state index contributed by atoms with van der Waals surface area (Å²) in [6, 6.07) is 23.8. The molecule has 0 bridgehead atoms. The summed E-state index contributed by atoms with van der Waals surface area (Å²) >= 11 is 0. The van der Waals surface area contributed by atoms with Crippen molar-refractivity contribution in [2.45, 2.75) is 108 Å². The van der Waals surface area contributed by atoms with Crippen LogP contribution >= 0.6 is 0 Å². The van der Waals surface area contributed by atoms with E-state index in [9.17, 15) is 9.90 Å². The van der Waals surface area contributed by atoms with Crippen molar-refractivity contribution < 1.29 is 34.4 Å². The molecule has 1 radical (unpaired) electrons. The molecule has 1 N–H and O–H groups in total. The molecular weight excluding hydrogens is 810 g/mol. The minimum atomic E-state index is -0.377. The molecule has 0 aliphatic heterocycles. The number of pyridine rings is 1. The fourth-order valence-electron chi connectivity index (χ4n) is 6.25. The first kappa shape index (κ1) is 41.8. The number of halogens is 1. The van der Waals surface area contributed by atoms with Crippen molar-refractivity contribution >= 4 is 27.3 Å². The Balaban J connectivity index is 0.000000374. The Labute approximate surface area is 319 Å². The van der Waals surface area contributed by atoms with Gasteiger partial charge in [-0.15, -0.1) is 34.9 Å². The molecule has 4 aromatic carbocycles. The fourth-order valence-corrected chi connectivity index (χ4v) is 6.25. The molecule has 0 saturated heterocycles. The molecule has 273 valence electrons. The third-order valence-electron chi connectivity index (χ3n) is 10.3. The van der Waals surface area contributed by atoms with E-state index in [0.29, 0.717) is 17.2 Å².